The van der Waals surface area contributed by atoms with Crippen molar-refractivity contribution in [3.63, 3.8) is 0 Å². The fourth-order valence-corrected chi connectivity index (χ4v) is 3.65. The topological polar surface area (TPSA) is 41.7 Å². The summed E-state index contributed by atoms with van der Waals surface area (Å²) in [6.07, 6.45) is 4.99. The average molecular weight is 253 g/mol. The van der Waals surface area contributed by atoms with Crippen LogP contribution in [-0.4, -0.2) is 67.8 Å². The third kappa shape index (κ3) is 3.05. The molecule has 0 aromatic rings. The molecule has 0 aliphatic carbocycles. The van der Waals surface area contributed by atoms with Gasteiger partial charge < -0.3 is 15.4 Å². The minimum absolute atomic E-state index is 0.453. The summed E-state index contributed by atoms with van der Waals surface area (Å²) >= 11 is 0. The van der Waals surface area contributed by atoms with E-state index in [-0.39, 0.29) is 0 Å². The van der Waals surface area contributed by atoms with E-state index in [0.717, 1.165) is 25.2 Å². The van der Waals surface area contributed by atoms with Crippen molar-refractivity contribution in [1.82, 2.24) is 9.80 Å². The minimum Gasteiger partial charge on any atom is -0.381 e. The van der Waals surface area contributed by atoms with E-state index >= 15 is 0 Å². The van der Waals surface area contributed by atoms with E-state index in [2.05, 4.69) is 9.80 Å². The Morgan fingerprint density at radius 1 is 1.06 bits per heavy atom. The van der Waals surface area contributed by atoms with Crippen LogP contribution in [0.1, 0.15) is 25.7 Å². The van der Waals surface area contributed by atoms with Crippen molar-refractivity contribution in [3.8, 4) is 0 Å². The highest BCUT2D eigenvalue weighted by Gasteiger charge is 2.31. The quantitative estimate of drug-likeness (QED) is 0.796. The first-order valence-corrected chi connectivity index (χ1v) is 7.61. The molecule has 4 nitrogen and oxygen atoms in total. The predicted molar refractivity (Wildman–Crippen MR) is 72.6 cm³/mol. The van der Waals surface area contributed by atoms with Gasteiger partial charge in [-0.3, -0.25) is 4.90 Å². The molecule has 0 radical (unpaired) electrons. The molecule has 3 saturated heterocycles. The first-order chi connectivity index (χ1) is 8.81. The predicted octanol–water partition coefficient (Wildman–Crippen LogP) is 0.520. The van der Waals surface area contributed by atoms with Crippen LogP contribution in [0.25, 0.3) is 0 Å². The molecule has 0 aromatic heterocycles. The van der Waals surface area contributed by atoms with Gasteiger partial charge in [0, 0.05) is 31.8 Å². The molecule has 0 spiro atoms. The molecule has 2 N–H and O–H groups in total. The molecule has 3 fully saturated rings. The zero-order valence-corrected chi connectivity index (χ0v) is 11.4. The highest BCUT2D eigenvalue weighted by Crippen LogP contribution is 2.22. The first kappa shape index (κ1) is 12.9. The van der Waals surface area contributed by atoms with Gasteiger partial charge in [0.15, 0.2) is 0 Å². The van der Waals surface area contributed by atoms with Gasteiger partial charge in [-0.2, -0.15) is 0 Å². The van der Waals surface area contributed by atoms with Crippen LogP contribution in [-0.2, 0) is 4.74 Å². The number of nitrogens with zero attached hydrogens (tertiary/aromatic N) is 2. The van der Waals surface area contributed by atoms with Crippen molar-refractivity contribution >= 4 is 0 Å². The molecule has 104 valence electrons. The van der Waals surface area contributed by atoms with Gasteiger partial charge in [-0.25, -0.2) is 0 Å². The van der Waals surface area contributed by atoms with E-state index in [0.29, 0.717) is 6.04 Å². The fraction of sp³-hybridized carbons (Fsp3) is 1.00. The van der Waals surface area contributed by atoms with Gasteiger partial charge in [0.05, 0.1) is 6.61 Å². The molecule has 2 atom stereocenters. The Hall–Kier alpha value is -0.160. The Labute approximate surface area is 110 Å². The van der Waals surface area contributed by atoms with Crippen LogP contribution in [0, 0.1) is 5.92 Å². The van der Waals surface area contributed by atoms with Crippen molar-refractivity contribution in [2.75, 3.05) is 45.9 Å². The Balaban J connectivity index is 1.43. The summed E-state index contributed by atoms with van der Waals surface area (Å²) in [5.74, 6) is 0.790. The molecular weight excluding hydrogens is 226 g/mol. The van der Waals surface area contributed by atoms with Crippen LogP contribution >= 0.6 is 0 Å². The smallest absolute Gasteiger partial charge is 0.0507 e. The summed E-state index contributed by atoms with van der Waals surface area (Å²) < 4.78 is 5.47. The lowest BCUT2D eigenvalue weighted by Gasteiger charge is -2.34. The van der Waals surface area contributed by atoms with E-state index in [9.17, 15) is 0 Å². The minimum atomic E-state index is 0.453. The van der Waals surface area contributed by atoms with Crippen molar-refractivity contribution < 1.29 is 4.74 Å². The number of likely N-dealkylation sites (tertiary alicyclic amines) is 2. The van der Waals surface area contributed by atoms with Crippen molar-refractivity contribution in [3.05, 3.63) is 0 Å². The lowest BCUT2D eigenvalue weighted by atomic mass is 10.0. The van der Waals surface area contributed by atoms with Crippen LogP contribution in [0.2, 0.25) is 0 Å². The van der Waals surface area contributed by atoms with Gasteiger partial charge in [-0.15, -0.1) is 0 Å². The number of nitrogens with two attached hydrogens (primary N) is 1. The summed E-state index contributed by atoms with van der Waals surface area (Å²) in [5, 5.41) is 0. The standard InChI is InChI=1S/C14H27N3O/c15-13-1-6-17(7-2-13)14-3-5-16(10-14)9-12-4-8-18-11-12/h12-14H,1-11,15H2. The molecule has 3 aliphatic heterocycles. The third-order valence-corrected chi connectivity index (χ3v) is 4.88. The number of ether oxygens (including phenoxy) is 1. The number of hydrogen-bond donors (Lipinski definition) is 1. The van der Waals surface area contributed by atoms with Crippen LogP contribution in [0.3, 0.4) is 0 Å². The molecule has 18 heavy (non-hydrogen) atoms. The van der Waals surface area contributed by atoms with Crippen LogP contribution < -0.4 is 5.73 Å². The van der Waals surface area contributed by atoms with Gasteiger partial charge in [0.2, 0.25) is 0 Å². The van der Waals surface area contributed by atoms with Gasteiger partial charge in [-0.1, -0.05) is 0 Å². The van der Waals surface area contributed by atoms with E-state index in [1.54, 1.807) is 0 Å². The Kier molecular flexibility index (Phi) is 4.19. The Morgan fingerprint density at radius 3 is 2.61 bits per heavy atom. The first-order valence-electron chi connectivity index (χ1n) is 7.61. The van der Waals surface area contributed by atoms with Crippen molar-refractivity contribution in [1.29, 1.82) is 0 Å². The van der Waals surface area contributed by atoms with Crippen LogP contribution in [0.4, 0.5) is 0 Å². The molecular formula is C14H27N3O. The second-order valence-corrected chi connectivity index (χ2v) is 6.31. The molecule has 3 aliphatic rings. The summed E-state index contributed by atoms with van der Waals surface area (Å²) in [6.45, 7) is 8.20. The third-order valence-electron chi connectivity index (χ3n) is 4.88. The number of piperidine rings is 1. The summed E-state index contributed by atoms with van der Waals surface area (Å²) in [4.78, 5) is 5.33. The number of hydrogen-bond acceptors (Lipinski definition) is 4. The highest BCUT2D eigenvalue weighted by molar-refractivity contribution is 4.87. The zero-order valence-electron chi connectivity index (χ0n) is 11.4. The lowest BCUT2D eigenvalue weighted by Crippen LogP contribution is -2.46. The molecule has 4 heteroatoms. The number of rotatable bonds is 3. The maximum Gasteiger partial charge on any atom is 0.0507 e. The lowest BCUT2D eigenvalue weighted by molar-refractivity contribution is 0.145. The summed E-state index contributed by atoms with van der Waals surface area (Å²) in [7, 11) is 0. The summed E-state index contributed by atoms with van der Waals surface area (Å²) in [6, 6.07) is 1.24. The highest BCUT2D eigenvalue weighted by atomic mass is 16.5. The monoisotopic (exact) mass is 253 g/mol. The normalized spacial score (nSPS) is 36.5. The zero-order chi connectivity index (χ0) is 12.4. The largest absolute Gasteiger partial charge is 0.381 e. The second kappa shape index (κ2) is 5.87. The van der Waals surface area contributed by atoms with Crippen molar-refractivity contribution in [2.45, 2.75) is 37.8 Å². The Morgan fingerprint density at radius 2 is 1.89 bits per heavy atom. The molecule has 3 heterocycles. The fourth-order valence-electron chi connectivity index (χ4n) is 3.65. The Bertz CT molecular complexity index is 260. The van der Waals surface area contributed by atoms with Crippen molar-refractivity contribution in [2.24, 2.45) is 11.7 Å². The van der Waals surface area contributed by atoms with Crippen LogP contribution in [0.15, 0.2) is 0 Å². The maximum atomic E-state index is 5.98. The molecule has 0 bridgehead atoms. The summed E-state index contributed by atoms with van der Waals surface area (Å²) in [5.41, 5.74) is 5.98. The molecule has 2 unspecified atom stereocenters. The van der Waals surface area contributed by atoms with Gasteiger partial charge in [0.1, 0.15) is 0 Å². The van der Waals surface area contributed by atoms with E-state index in [1.807, 2.05) is 0 Å². The molecule has 0 saturated carbocycles. The van der Waals surface area contributed by atoms with Gasteiger partial charge in [0.25, 0.3) is 0 Å². The molecule has 0 aromatic carbocycles. The van der Waals surface area contributed by atoms with Gasteiger partial charge in [-0.05, 0) is 51.2 Å². The molecule has 3 rings (SSSR count). The SMILES string of the molecule is NC1CCN(C2CCN(CC3CCOC3)C2)CC1. The molecule has 0 amide bonds. The van der Waals surface area contributed by atoms with E-state index in [1.165, 1.54) is 58.4 Å². The van der Waals surface area contributed by atoms with E-state index < -0.39 is 0 Å². The van der Waals surface area contributed by atoms with Crippen LogP contribution in [0.5, 0.6) is 0 Å². The second-order valence-electron chi connectivity index (χ2n) is 6.31. The van der Waals surface area contributed by atoms with Gasteiger partial charge >= 0.3 is 0 Å². The maximum absolute atomic E-state index is 5.98. The average Bonchev–Trinajstić information content (AvgIpc) is 3.02. The van der Waals surface area contributed by atoms with E-state index in [4.69, 9.17) is 10.5 Å².